The van der Waals surface area contributed by atoms with E-state index in [0.717, 1.165) is 36.2 Å². The van der Waals surface area contributed by atoms with Crippen LogP contribution in [0.4, 0.5) is 0 Å². The predicted molar refractivity (Wildman–Crippen MR) is 114 cm³/mol. The van der Waals surface area contributed by atoms with E-state index in [0.29, 0.717) is 23.0 Å². The van der Waals surface area contributed by atoms with Crippen LogP contribution in [0.25, 0.3) is 22.8 Å². The third-order valence-corrected chi connectivity index (χ3v) is 7.89. The summed E-state index contributed by atoms with van der Waals surface area (Å²) in [7, 11) is -3.56. The van der Waals surface area contributed by atoms with Crippen molar-refractivity contribution in [3.63, 3.8) is 0 Å². The normalized spacial score (nSPS) is 14.7. The van der Waals surface area contributed by atoms with Gasteiger partial charge < -0.3 is 4.52 Å². The average Bonchev–Trinajstić information content (AvgIpc) is 3.39. The van der Waals surface area contributed by atoms with Crippen LogP contribution in [0, 0.1) is 0 Å². The quantitative estimate of drug-likeness (QED) is 0.495. The minimum absolute atomic E-state index is 0.233. The highest BCUT2D eigenvalue weighted by molar-refractivity contribution is 7.91. The summed E-state index contributed by atoms with van der Waals surface area (Å²) in [6.45, 7) is 0.405. The van der Waals surface area contributed by atoms with Gasteiger partial charge in [0, 0.05) is 22.5 Å². The van der Waals surface area contributed by atoms with E-state index in [-0.39, 0.29) is 10.1 Å². The number of nitrogens with one attached hydrogen (secondary N) is 1. The van der Waals surface area contributed by atoms with E-state index in [1.165, 1.54) is 18.4 Å². The molecule has 0 unspecified atom stereocenters. The molecule has 0 amide bonds. The van der Waals surface area contributed by atoms with E-state index in [9.17, 15) is 8.42 Å². The molecule has 2 aromatic heterocycles. The molecule has 6 nitrogen and oxygen atoms in total. The Labute approximate surface area is 178 Å². The molecule has 1 aliphatic rings. The van der Waals surface area contributed by atoms with Gasteiger partial charge in [0.2, 0.25) is 15.8 Å². The average molecular weight is 450 g/mol. The van der Waals surface area contributed by atoms with Gasteiger partial charge in [0.05, 0.1) is 5.56 Å². The molecule has 1 aromatic carbocycles. The number of rotatable bonds is 7. The van der Waals surface area contributed by atoms with E-state index in [1.54, 1.807) is 35.7 Å². The molecule has 152 valence electrons. The van der Waals surface area contributed by atoms with Crippen LogP contribution < -0.4 is 4.72 Å². The molecule has 2 heterocycles. The third-order valence-electron chi connectivity index (χ3n) is 4.74. The summed E-state index contributed by atoms with van der Waals surface area (Å²) >= 11 is 7.03. The fourth-order valence-corrected chi connectivity index (χ4v) is 5.53. The number of halogens is 1. The number of hydrogen-bond acceptors (Lipinski definition) is 6. The zero-order valence-corrected chi connectivity index (χ0v) is 18.0. The molecular formula is C20H20ClN3O3S2. The van der Waals surface area contributed by atoms with Crippen molar-refractivity contribution in [2.75, 3.05) is 6.54 Å². The van der Waals surface area contributed by atoms with Gasteiger partial charge in [-0.15, -0.1) is 11.3 Å². The monoisotopic (exact) mass is 449 g/mol. The van der Waals surface area contributed by atoms with Crippen molar-refractivity contribution in [2.24, 2.45) is 0 Å². The zero-order valence-electron chi connectivity index (χ0n) is 15.6. The van der Waals surface area contributed by atoms with E-state index >= 15 is 0 Å². The van der Waals surface area contributed by atoms with Gasteiger partial charge in [0.15, 0.2) is 0 Å². The fourth-order valence-electron chi connectivity index (χ4n) is 3.18. The summed E-state index contributed by atoms with van der Waals surface area (Å²) in [5, 5.41) is 6.30. The largest absolute Gasteiger partial charge is 0.334 e. The smallest absolute Gasteiger partial charge is 0.259 e. The number of aromatic nitrogens is 2. The van der Waals surface area contributed by atoms with Gasteiger partial charge >= 0.3 is 0 Å². The summed E-state index contributed by atoms with van der Waals surface area (Å²) in [6.07, 6.45) is 7.56. The fraction of sp³-hybridized carbons (Fsp3) is 0.300. The Morgan fingerprint density at radius 1 is 1.17 bits per heavy atom. The summed E-state index contributed by atoms with van der Waals surface area (Å²) in [5.41, 5.74) is 2.69. The lowest BCUT2D eigenvalue weighted by Gasteiger charge is -2.12. The maximum atomic E-state index is 12.6. The lowest BCUT2D eigenvalue weighted by molar-refractivity contribution is 0.432. The van der Waals surface area contributed by atoms with Gasteiger partial charge in [-0.25, -0.2) is 13.1 Å². The molecule has 3 aromatic rings. The summed E-state index contributed by atoms with van der Waals surface area (Å²) in [4.78, 5) is 4.36. The first-order chi connectivity index (χ1) is 14.0. The number of benzene rings is 1. The van der Waals surface area contributed by atoms with Crippen LogP contribution in [-0.2, 0) is 10.0 Å². The molecule has 0 saturated carbocycles. The van der Waals surface area contributed by atoms with Gasteiger partial charge in [0.1, 0.15) is 4.21 Å². The minimum atomic E-state index is -3.56. The maximum Gasteiger partial charge on any atom is 0.259 e. The lowest BCUT2D eigenvalue weighted by Crippen LogP contribution is -2.24. The lowest BCUT2D eigenvalue weighted by atomic mass is 9.97. The molecule has 29 heavy (non-hydrogen) atoms. The van der Waals surface area contributed by atoms with Crippen LogP contribution in [0.5, 0.6) is 0 Å². The summed E-state index contributed by atoms with van der Waals surface area (Å²) in [6, 6.07) is 8.65. The summed E-state index contributed by atoms with van der Waals surface area (Å²) in [5.74, 6) is 0.700. The first kappa shape index (κ1) is 20.3. The molecule has 0 aliphatic heterocycles. The van der Waals surface area contributed by atoms with Crippen molar-refractivity contribution in [1.82, 2.24) is 14.9 Å². The second-order valence-electron chi connectivity index (χ2n) is 6.84. The van der Waals surface area contributed by atoms with E-state index in [4.69, 9.17) is 16.1 Å². The molecule has 0 fully saturated rings. The van der Waals surface area contributed by atoms with Gasteiger partial charge in [0.25, 0.3) is 5.89 Å². The summed E-state index contributed by atoms with van der Waals surface area (Å²) < 4.78 is 33.4. The number of thiophene rings is 1. The highest BCUT2D eigenvalue weighted by Gasteiger charge is 2.20. The molecule has 9 heteroatoms. The Kier molecular flexibility index (Phi) is 6.15. The Bertz CT molecular complexity index is 1120. The van der Waals surface area contributed by atoms with Crippen molar-refractivity contribution in [3.8, 4) is 22.8 Å². The molecule has 0 saturated heterocycles. The van der Waals surface area contributed by atoms with Crippen molar-refractivity contribution < 1.29 is 12.9 Å². The Balaban J connectivity index is 1.43. The van der Waals surface area contributed by atoms with Crippen LogP contribution >= 0.6 is 22.9 Å². The van der Waals surface area contributed by atoms with E-state index < -0.39 is 10.0 Å². The van der Waals surface area contributed by atoms with Crippen LogP contribution in [0.15, 0.2) is 56.1 Å². The molecule has 1 aliphatic carbocycles. The molecule has 4 rings (SSSR count). The van der Waals surface area contributed by atoms with E-state index in [1.807, 2.05) is 0 Å². The highest BCUT2D eigenvalue weighted by atomic mass is 35.5. The predicted octanol–water partition coefficient (Wildman–Crippen LogP) is 5.29. The van der Waals surface area contributed by atoms with Crippen molar-refractivity contribution in [3.05, 3.63) is 52.4 Å². The second-order valence-corrected chi connectivity index (χ2v) is 10.2. The third kappa shape index (κ3) is 4.95. The van der Waals surface area contributed by atoms with Crippen molar-refractivity contribution in [2.45, 2.75) is 36.3 Å². The van der Waals surface area contributed by atoms with Gasteiger partial charge in [-0.2, -0.15) is 4.98 Å². The molecule has 0 spiro atoms. The van der Waals surface area contributed by atoms with Crippen LogP contribution in [0.1, 0.15) is 32.1 Å². The van der Waals surface area contributed by atoms with Crippen molar-refractivity contribution >= 4 is 33.0 Å². The van der Waals surface area contributed by atoms with Crippen LogP contribution in [0.2, 0.25) is 5.02 Å². The highest BCUT2D eigenvalue weighted by Crippen LogP contribution is 2.29. The molecule has 0 bridgehead atoms. The van der Waals surface area contributed by atoms with E-state index in [2.05, 4.69) is 20.9 Å². The Morgan fingerprint density at radius 2 is 2.00 bits per heavy atom. The SMILES string of the molecule is O=S(=O)(NCCC1=CCCCC1)c1cc(-c2nc(-c3ccc(Cl)cc3)no2)cs1. The molecule has 1 N–H and O–H groups in total. The second kappa shape index (κ2) is 8.79. The maximum absolute atomic E-state index is 12.6. The molecular weight excluding hydrogens is 430 g/mol. The first-order valence-electron chi connectivity index (χ1n) is 9.37. The molecule has 0 atom stereocenters. The zero-order chi connectivity index (χ0) is 20.3. The minimum Gasteiger partial charge on any atom is -0.334 e. The molecule has 0 radical (unpaired) electrons. The number of hydrogen-bond donors (Lipinski definition) is 1. The number of allylic oxidation sites excluding steroid dienone is 1. The van der Waals surface area contributed by atoms with Gasteiger partial charge in [-0.05, 0) is 62.4 Å². The van der Waals surface area contributed by atoms with Gasteiger partial charge in [-0.3, -0.25) is 0 Å². The Morgan fingerprint density at radius 3 is 2.76 bits per heavy atom. The number of sulfonamides is 1. The number of nitrogens with zero attached hydrogens (tertiary/aromatic N) is 2. The standard InChI is InChI=1S/C20H20ClN3O3S2/c21-17-8-6-15(7-9-17)19-23-20(27-24-19)16-12-18(28-13-16)29(25,26)22-11-10-14-4-2-1-3-5-14/h4,6-9,12-13,22H,1-3,5,10-11H2. The van der Waals surface area contributed by atoms with Gasteiger partial charge in [-0.1, -0.05) is 28.4 Å². The van der Waals surface area contributed by atoms with Crippen molar-refractivity contribution in [1.29, 1.82) is 0 Å². The Hall–Kier alpha value is -2.00. The first-order valence-corrected chi connectivity index (χ1v) is 12.1. The topological polar surface area (TPSA) is 85.1 Å². The van der Waals surface area contributed by atoms with Crippen LogP contribution in [0.3, 0.4) is 0 Å². The van der Waals surface area contributed by atoms with Crippen LogP contribution in [-0.4, -0.2) is 25.1 Å².